The number of hydrogen-bond acceptors (Lipinski definition) is 6. The number of nitrogens with one attached hydrogen (secondary N) is 2. The Morgan fingerprint density at radius 3 is 2.75 bits per heavy atom. The number of nitrogens with zero attached hydrogens (tertiary/aromatic N) is 5. The summed E-state index contributed by atoms with van der Waals surface area (Å²) in [5.74, 6) is 0.779. The zero-order valence-electron chi connectivity index (χ0n) is 19.8. The lowest BCUT2D eigenvalue weighted by molar-refractivity contribution is -0.114. The molecule has 36 heavy (non-hydrogen) atoms. The van der Waals surface area contributed by atoms with Crippen LogP contribution in [-0.2, 0) is 11.3 Å². The number of anilines is 2. The van der Waals surface area contributed by atoms with Crippen molar-refractivity contribution in [3.05, 3.63) is 82.3 Å². The third-order valence-corrected chi connectivity index (χ3v) is 6.78. The Morgan fingerprint density at radius 2 is 2.00 bits per heavy atom. The first kappa shape index (κ1) is 23.9. The number of halogens is 1. The lowest BCUT2D eigenvalue weighted by Crippen LogP contribution is -2.39. The molecule has 0 spiro atoms. The van der Waals surface area contributed by atoms with E-state index in [1.165, 1.54) is 6.92 Å². The number of benzene rings is 1. The number of piperidine rings is 1. The van der Waals surface area contributed by atoms with Gasteiger partial charge in [-0.15, -0.1) is 0 Å². The number of amides is 2. The van der Waals surface area contributed by atoms with Crippen LogP contribution in [0.1, 0.15) is 47.3 Å². The van der Waals surface area contributed by atoms with Gasteiger partial charge < -0.3 is 15.5 Å². The van der Waals surface area contributed by atoms with Crippen molar-refractivity contribution in [2.45, 2.75) is 32.2 Å². The first-order chi connectivity index (χ1) is 17.5. The molecule has 4 aromatic rings. The summed E-state index contributed by atoms with van der Waals surface area (Å²) < 4.78 is 2.60. The van der Waals surface area contributed by atoms with E-state index in [1.54, 1.807) is 41.2 Å². The molecule has 1 atom stereocenters. The second-order valence-corrected chi connectivity index (χ2v) is 9.71. The number of carbonyl (C=O) groups excluding carboxylic acids is 2. The quantitative estimate of drug-likeness (QED) is 0.369. The average molecular weight is 548 g/mol. The fourth-order valence-electron chi connectivity index (χ4n) is 4.47. The van der Waals surface area contributed by atoms with Crippen LogP contribution in [0.3, 0.4) is 0 Å². The van der Waals surface area contributed by atoms with Crippen molar-refractivity contribution >= 4 is 44.9 Å². The molecule has 9 nitrogen and oxygen atoms in total. The van der Waals surface area contributed by atoms with E-state index in [0.29, 0.717) is 30.9 Å². The van der Waals surface area contributed by atoms with Crippen LogP contribution in [0.4, 0.5) is 11.5 Å². The predicted octanol–water partition coefficient (Wildman–Crippen LogP) is 4.48. The van der Waals surface area contributed by atoms with E-state index < -0.39 is 0 Å². The summed E-state index contributed by atoms with van der Waals surface area (Å²) in [6, 6.07) is 13.0. The number of likely N-dealkylation sites (tertiary alicyclic amines) is 1. The predicted molar refractivity (Wildman–Crippen MR) is 141 cm³/mol. The van der Waals surface area contributed by atoms with E-state index in [-0.39, 0.29) is 17.7 Å². The molecule has 1 aliphatic heterocycles. The van der Waals surface area contributed by atoms with Gasteiger partial charge in [0, 0.05) is 62.2 Å². The normalized spacial score (nSPS) is 15.6. The highest BCUT2D eigenvalue weighted by molar-refractivity contribution is 9.10. The summed E-state index contributed by atoms with van der Waals surface area (Å²) >= 11 is 3.57. The van der Waals surface area contributed by atoms with Crippen LogP contribution in [0.25, 0.3) is 5.65 Å². The molecule has 184 valence electrons. The summed E-state index contributed by atoms with van der Waals surface area (Å²) in [7, 11) is 0. The van der Waals surface area contributed by atoms with Gasteiger partial charge in [0.2, 0.25) is 5.91 Å². The molecule has 0 saturated carbocycles. The summed E-state index contributed by atoms with van der Waals surface area (Å²) in [6.45, 7) is 3.35. The molecule has 10 heteroatoms. The van der Waals surface area contributed by atoms with Gasteiger partial charge in [0.15, 0.2) is 5.65 Å². The molecule has 1 unspecified atom stereocenters. The highest BCUT2D eigenvalue weighted by Gasteiger charge is 2.27. The fraction of sp³-hybridized carbons (Fsp3) is 0.269. The van der Waals surface area contributed by atoms with Crippen molar-refractivity contribution in [1.82, 2.24) is 24.5 Å². The highest BCUT2D eigenvalue weighted by atomic mass is 79.9. The minimum atomic E-state index is -0.142. The maximum Gasteiger partial charge on any atom is 0.253 e. The van der Waals surface area contributed by atoms with Gasteiger partial charge in [0.25, 0.3) is 5.91 Å². The zero-order chi connectivity index (χ0) is 25.1. The van der Waals surface area contributed by atoms with Gasteiger partial charge >= 0.3 is 0 Å². The largest absolute Gasteiger partial charge is 0.366 e. The summed E-state index contributed by atoms with van der Waals surface area (Å²) in [5.41, 5.74) is 4.00. The summed E-state index contributed by atoms with van der Waals surface area (Å²) in [6.07, 6.45) is 7.17. The number of hydrogen-bond donors (Lipinski definition) is 2. The first-order valence-electron chi connectivity index (χ1n) is 11.8. The molecule has 2 amide bonds. The lowest BCUT2D eigenvalue weighted by Gasteiger charge is -2.33. The molecule has 0 radical (unpaired) electrons. The topological polar surface area (TPSA) is 105 Å². The van der Waals surface area contributed by atoms with E-state index in [4.69, 9.17) is 4.98 Å². The standard InChI is InChI=1S/C26H26BrN7O2/c1-17(35)31-21-8-6-19(7-9-21)26(36)33-11-3-5-20(16-33)23-12-24(29-14-18-4-2-10-28-13-18)34-25(32-23)22(27)15-30-34/h2,4,6-10,12-13,15,20,29H,3,5,11,14,16H2,1H3,(H,31,35). The van der Waals surface area contributed by atoms with Crippen molar-refractivity contribution in [1.29, 1.82) is 0 Å². The molecule has 1 aliphatic rings. The summed E-state index contributed by atoms with van der Waals surface area (Å²) in [5, 5.41) is 10.7. The summed E-state index contributed by atoms with van der Waals surface area (Å²) in [4.78, 5) is 35.5. The van der Waals surface area contributed by atoms with Crippen molar-refractivity contribution in [3.8, 4) is 0 Å². The van der Waals surface area contributed by atoms with Crippen LogP contribution < -0.4 is 10.6 Å². The van der Waals surface area contributed by atoms with Crippen LogP contribution >= 0.6 is 15.9 Å². The number of aromatic nitrogens is 4. The molecule has 0 bridgehead atoms. The molecule has 5 rings (SSSR count). The minimum absolute atomic E-state index is 0.0180. The minimum Gasteiger partial charge on any atom is -0.366 e. The zero-order valence-corrected chi connectivity index (χ0v) is 21.4. The van der Waals surface area contributed by atoms with Gasteiger partial charge in [-0.2, -0.15) is 9.61 Å². The van der Waals surface area contributed by atoms with Crippen LogP contribution in [0.5, 0.6) is 0 Å². The van der Waals surface area contributed by atoms with Crippen LogP contribution in [0, 0.1) is 0 Å². The van der Waals surface area contributed by atoms with Crippen molar-refractivity contribution < 1.29 is 9.59 Å². The molecule has 1 fully saturated rings. The van der Waals surface area contributed by atoms with E-state index in [0.717, 1.165) is 40.0 Å². The lowest BCUT2D eigenvalue weighted by atomic mass is 9.94. The van der Waals surface area contributed by atoms with E-state index in [2.05, 4.69) is 36.6 Å². The number of rotatable bonds is 6. The molecule has 4 heterocycles. The van der Waals surface area contributed by atoms with Gasteiger partial charge in [-0.25, -0.2) is 4.98 Å². The monoisotopic (exact) mass is 547 g/mol. The van der Waals surface area contributed by atoms with Gasteiger partial charge in [-0.1, -0.05) is 6.07 Å². The van der Waals surface area contributed by atoms with Gasteiger partial charge in [0.05, 0.1) is 16.4 Å². The van der Waals surface area contributed by atoms with Gasteiger partial charge in [0.1, 0.15) is 5.82 Å². The van der Waals surface area contributed by atoms with Crippen molar-refractivity contribution in [3.63, 3.8) is 0 Å². The second kappa shape index (κ2) is 10.4. The van der Waals surface area contributed by atoms with Crippen molar-refractivity contribution in [2.75, 3.05) is 23.7 Å². The Labute approximate surface area is 217 Å². The SMILES string of the molecule is CC(=O)Nc1ccc(C(=O)N2CCCC(c3cc(NCc4cccnc4)n4ncc(Br)c4n3)C2)cc1. The Kier molecular flexibility index (Phi) is 6.95. The number of carbonyl (C=O) groups is 2. The molecular formula is C26H26BrN7O2. The molecule has 1 saturated heterocycles. The number of pyridine rings is 1. The van der Waals surface area contributed by atoms with Gasteiger partial charge in [-0.05, 0) is 64.7 Å². The van der Waals surface area contributed by atoms with E-state index >= 15 is 0 Å². The Bertz CT molecular complexity index is 1390. The highest BCUT2D eigenvalue weighted by Crippen LogP contribution is 2.30. The Balaban J connectivity index is 1.36. The molecule has 2 N–H and O–H groups in total. The third kappa shape index (κ3) is 5.23. The Morgan fingerprint density at radius 1 is 1.17 bits per heavy atom. The van der Waals surface area contributed by atoms with Crippen LogP contribution in [0.2, 0.25) is 0 Å². The van der Waals surface area contributed by atoms with E-state index in [1.807, 2.05) is 29.3 Å². The van der Waals surface area contributed by atoms with Crippen molar-refractivity contribution in [2.24, 2.45) is 0 Å². The Hall–Kier alpha value is -3.79. The van der Waals surface area contributed by atoms with E-state index in [9.17, 15) is 9.59 Å². The molecule has 0 aliphatic carbocycles. The van der Waals surface area contributed by atoms with Crippen LogP contribution in [-0.4, -0.2) is 49.4 Å². The third-order valence-electron chi connectivity index (χ3n) is 6.22. The maximum atomic E-state index is 13.2. The average Bonchev–Trinajstić information content (AvgIpc) is 3.28. The smallest absolute Gasteiger partial charge is 0.253 e. The number of fused-ring (bicyclic) bond motifs is 1. The maximum absolute atomic E-state index is 13.2. The second-order valence-electron chi connectivity index (χ2n) is 8.86. The van der Waals surface area contributed by atoms with Gasteiger partial charge in [-0.3, -0.25) is 14.6 Å². The first-order valence-corrected chi connectivity index (χ1v) is 12.6. The molecule has 1 aromatic carbocycles. The van der Waals surface area contributed by atoms with Crippen LogP contribution in [0.15, 0.2) is 65.5 Å². The molecular weight excluding hydrogens is 522 g/mol. The molecule has 3 aromatic heterocycles. The fourth-order valence-corrected chi connectivity index (χ4v) is 4.82.